The molecule has 2 N–H and O–H groups in total. The number of methoxy groups -OCH3 is 1. The van der Waals surface area contributed by atoms with Crippen LogP contribution in [0, 0.1) is 6.92 Å². The zero-order valence-corrected chi connectivity index (χ0v) is 20.2. The molecular formula is C21H36IN3O3. The number of hydrogen-bond acceptors (Lipinski definition) is 4. The maximum absolute atomic E-state index is 11.1. The minimum absolute atomic E-state index is 0. The van der Waals surface area contributed by atoms with Crippen LogP contribution in [0.5, 0.6) is 5.75 Å². The predicted octanol–water partition coefficient (Wildman–Crippen LogP) is 4.19. The number of esters is 1. The number of unbranched alkanes of at least 4 members (excludes halogenated alkanes) is 3. The first-order chi connectivity index (χ1) is 13.0. The van der Waals surface area contributed by atoms with Crippen molar-refractivity contribution in [2.75, 3.05) is 20.7 Å². The van der Waals surface area contributed by atoms with Crippen molar-refractivity contribution in [1.29, 1.82) is 0 Å². The van der Waals surface area contributed by atoms with Gasteiger partial charge in [-0.2, -0.15) is 0 Å². The summed E-state index contributed by atoms with van der Waals surface area (Å²) in [6, 6.07) is 6.25. The van der Waals surface area contributed by atoms with Crippen molar-refractivity contribution in [1.82, 2.24) is 10.6 Å². The van der Waals surface area contributed by atoms with Crippen molar-refractivity contribution < 1.29 is 14.3 Å². The van der Waals surface area contributed by atoms with E-state index < -0.39 is 0 Å². The standard InChI is InChI=1S/C21H35N3O3.HI/c1-16(2)27-19-14-17(3)11-12-18(19)15-24-21(22-4)23-13-9-7-6-8-10-20(25)26-5;/h11-12,14,16H,6-10,13,15H2,1-5H3,(H2,22,23,24);1H. The molecule has 0 saturated carbocycles. The Morgan fingerprint density at radius 1 is 1.14 bits per heavy atom. The van der Waals surface area contributed by atoms with Crippen LogP contribution in [0.1, 0.15) is 57.1 Å². The Balaban J connectivity index is 0.00000729. The fourth-order valence-electron chi connectivity index (χ4n) is 2.63. The summed E-state index contributed by atoms with van der Waals surface area (Å²) in [5.41, 5.74) is 2.30. The van der Waals surface area contributed by atoms with Gasteiger partial charge in [0, 0.05) is 32.1 Å². The number of guanidine groups is 1. The van der Waals surface area contributed by atoms with Crippen LogP contribution < -0.4 is 15.4 Å². The summed E-state index contributed by atoms with van der Waals surface area (Å²) >= 11 is 0. The van der Waals surface area contributed by atoms with E-state index in [1.807, 2.05) is 13.8 Å². The van der Waals surface area contributed by atoms with Crippen LogP contribution in [-0.2, 0) is 16.1 Å². The van der Waals surface area contributed by atoms with Gasteiger partial charge in [-0.1, -0.05) is 25.0 Å². The number of hydrogen-bond donors (Lipinski definition) is 2. The van der Waals surface area contributed by atoms with E-state index in [2.05, 4.69) is 45.5 Å². The normalized spacial score (nSPS) is 11.0. The maximum Gasteiger partial charge on any atom is 0.305 e. The average molecular weight is 505 g/mol. The summed E-state index contributed by atoms with van der Waals surface area (Å²) in [5.74, 6) is 1.56. The second-order valence-corrected chi connectivity index (χ2v) is 6.87. The predicted molar refractivity (Wildman–Crippen MR) is 126 cm³/mol. The third-order valence-corrected chi connectivity index (χ3v) is 4.08. The Morgan fingerprint density at radius 2 is 1.86 bits per heavy atom. The van der Waals surface area contributed by atoms with Crippen LogP contribution in [0.15, 0.2) is 23.2 Å². The third kappa shape index (κ3) is 11.4. The van der Waals surface area contributed by atoms with Crippen molar-refractivity contribution in [3.8, 4) is 5.75 Å². The van der Waals surface area contributed by atoms with Gasteiger partial charge in [-0.05, 0) is 45.2 Å². The monoisotopic (exact) mass is 505 g/mol. The molecule has 0 aliphatic carbocycles. The number of halogens is 1. The number of carbonyl (C=O) groups excluding carboxylic acids is 1. The zero-order valence-electron chi connectivity index (χ0n) is 17.8. The number of ether oxygens (including phenoxy) is 2. The third-order valence-electron chi connectivity index (χ3n) is 4.08. The second-order valence-electron chi connectivity index (χ2n) is 6.87. The number of benzene rings is 1. The second kappa shape index (κ2) is 15.4. The molecular weight excluding hydrogens is 469 g/mol. The molecule has 0 unspecified atom stereocenters. The Kier molecular flexibility index (Phi) is 14.6. The van der Waals surface area contributed by atoms with E-state index >= 15 is 0 Å². The van der Waals surface area contributed by atoms with E-state index in [9.17, 15) is 4.79 Å². The molecule has 1 rings (SSSR count). The molecule has 0 saturated heterocycles. The number of nitrogens with zero attached hydrogens (tertiary/aromatic N) is 1. The van der Waals surface area contributed by atoms with Crippen molar-refractivity contribution in [3.63, 3.8) is 0 Å². The van der Waals surface area contributed by atoms with Gasteiger partial charge < -0.3 is 20.1 Å². The van der Waals surface area contributed by atoms with E-state index in [4.69, 9.17) is 4.74 Å². The molecule has 1 aromatic carbocycles. The van der Waals surface area contributed by atoms with Crippen molar-refractivity contribution in [2.24, 2.45) is 4.99 Å². The lowest BCUT2D eigenvalue weighted by molar-refractivity contribution is -0.140. The minimum Gasteiger partial charge on any atom is -0.491 e. The van der Waals surface area contributed by atoms with Gasteiger partial charge in [0.15, 0.2) is 5.96 Å². The van der Waals surface area contributed by atoms with E-state index in [0.717, 1.165) is 49.5 Å². The van der Waals surface area contributed by atoms with Gasteiger partial charge in [0.1, 0.15) is 5.75 Å². The maximum atomic E-state index is 11.1. The molecule has 7 heteroatoms. The van der Waals surface area contributed by atoms with Crippen LogP contribution >= 0.6 is 24.0 Å². The number of carbonyl (C=O) groups is 1. The number of aryl methyl sites for hydroxylation is 1. The molecule has 6 nitrogen and oxygen atoms in total. The quantitative estimate of drug-likeness (QED) is 0.155. The van der Waals surface area contributed by atoms with E-state index in [1.54, 1.807) is 7.05 Å². The van der Waals surface area contributed by atoms with Crippen molar-refractivity contribution in [3.05, 3.63) is 29.3 Å². The Hall–Kier alpha value is -1.51. The highest BCUT2D eigenvalue weighted by Gasteiger charge is 2.07. The molecule has 1 aromatic rings. The van der Waals surface area contributed by atoms with Gasteiger partial charge in [-0.15, -0.1) is 24.0 Å². The van der Waals surface area contributed by atoms with Crippen molar-refractivity contribution >= 4 is 35.9 Å². The summed E-state index contributed by atoms with van der Waals surface area (Å²) in [6.07, 6.45) is 4.67. The van der Waals surface area contributed by atoms with Gasteiger partial charge in [0.05, 0.1) is 13.2 Å². The Bertz CT molecular complexity index is 607. The topological polar surface area (TPSA) is 72.0 Å². The lowest BCUT2D eigenvalue weighted by atomic mass is 10.1. The molecule has 28 heavy (non-hydrogen) atoms. The molecule has 0 bridgehead atoms. The largest absolute Gasteiger partial charge is 0.491 e. The fraction of sp³-hybridized carbons (Fsp3) is 0.619. The first-order valence-electron chi connectivity index (χ1n) is 9.73. The van der Waals surface area contributed by atoms with Crippen LogP contribution in [0.25, 0.3) is 0 Å². The highest BCUT2D eigenvalue weighted by Crippen LogP contribution is 2.21. The van der Waals surface area contributed by atoms with Gasteiger partial charge in [0.25, 0.3) is 0 Å². The highest BCUT2D eigenvalue weighted by atomic mass is 127. The summed E-state index contributed by atoms with van der Waals surface area (Å²) in [4.78, 5) is 15.3. The lowest BCUT2D eigenvalue weighted by Crippen LogP contribution is -2.37. The molecule has 0 fully saturated rings. The molecule has 0 aliphatic rings. The molecule has 0 radical (unpaired) electrons. The Morgan fingerprint density at radius 3 is 2.50 bits per heavy atom. The minimum atomic E-state index is -0.130. The molecule has 0 heterocycles. The molecule has 0 spiro atoms. The molecule has 0 amide bonds. The first kappa shape index (κ1) is 26.5. The van der Waals surface area contributed by atoms with E-state index in [0.29, 0.717) is 13.0 Å². The lowest BCUT2D eigenvalue weighted by Gasteiger charge is -2.17. The first-order valence-corrected chi connectivity index (χ1v) is 9.73. The summed E-state index contributed by atoms with van der Waals surface area (Å²) in [5, 5.41) is 6.67. The van der Waals surface area contributed by atoms with E-state index in [1.165, 1.54) is 12.7 Å². The van der Waals surface area contributed by atoms with Crippen LogP contribution in [0.4, 0.5) is 0 Å². The summed E-state index contributed by atoms with van der Waals surface area (Å²) in [6.45, 7) is 7.63. The van der Waals surface area contributed by atoms with E-state index in [-0.39, 0.29) is 36.0 Å². The van der Waals surface area contributed by atoms with Gasteiger partial charge >= 0.3 is 5.97 Å². The SMILES string of the molecule is CN=C(NCCCCCCC(=O)OC)NCc1ccc(C)cc1OC(C)C.I. The number of rotatable bonds is 11. The number of nitrogens with one attached hydrogen (secondary N) is 2. The smallest absolute Gasteiger partial charge is 0.305 e. The zero-order chi connectivity index (χ0) is 20.1. The van der Waals surface area contributed by atoms with Crippen molar-refractivity contribution in [2.45, 2.75) is 65.5 Å². The summed E-state index contributed by atoms with van der Waals surface area (Å²) in [7, 11) is 3.20. The number of aliphatic imine (C=N–C) groups is 1. The molecule has 0 aromatic heterocycles. The Labute approximate surface area is 186 Å². The van der Waals surface area contributed by atoms with Crippen LogP contribution in [-0.4, -0.2) is 38.7 Å². The molecule has 160 valence electrons. The van der Waals surface area contributed by atoms with Gasteiger partial charge in [-0.25, -0.2) is 0 Å². The molecule has 0 atom stereocenters. The average Bonchev–Trinajstić information content (AvgIpc) is 2.63. The summed E-state index contributed by atoms with van der Waals surface area (Å²) < 4.78 is 10.6. The van der Waals surface area contributed by atoms with Gasteiger partial charge in [-0.3, -0.25) is 9.79 Å². The fourth-order valence-corrected chi connectivity index (χ4v) is 2.63. The van der Waals surface area contributed by atoms with Crippen LogP contribution in [0.3, 0.4) is 0 Å². The van der Waals surface area contributed by atoms with Crippen LogP contribution in [0.2, 0.25) is 0 Å². The molecule has 0 aliphatic heterocycles. The highest BCUT2D eigenvalue weighted by molar-refractivity contribution is 14.0. The van der Waals surface area contributed by atoms with Gasteiger partial charge in [0.2, 0.25) is 0 Å².